The summed E-state index contributed by atoms with van der Waals surface area (Å²) in [5.74, 6) is 0.211. The highest BCUT2D eigenvalue weighted by Gasteiger charge is 2.32. The number of halogens is 4. The second kappa shape index (κ2) is 6.04. The summed E-state index contributed by atoms with van der Waals surface area (Å²) in [6.45, 7) is 0. The number of oxime groups is 1. The minimum Gasteiger partial charge on any atom is -0.399 e. The van der Waals surface area contributed by atoms with Crippen molar-refractivity contribution >= 4 is 23.6 Å². The molecule has 3 heterocycles. The zero-order valence-electron chi connectivity index (χ0n) is 12.0. The maximum Gasteiger partial charge on any atom is 0.417 e. The van der Waals surface area contributed by atoms with E-state index in [0.29, 0.717) is 17.6 Å². The first-order chi connectivity index (χ1) is 11.4. The summed E-state index contributed by atoms with van der Waals surface area (Å²) in [5, 5.41) is 7.39. The van der Waals surface area contributed by atoms with Crippen LogP contribution in [0.4, 0.5) is 13.2 Å². The van der Waals surface area contributed by atoms with E-state index in [2.05, 4.69) is 30.0 Å². The summed E-state index contributed by atoms with van der Waals surface area (Å²) >= 11 is 5.99. The minimum absolute atomic E-state index is 0.106. The third kappa shape index (κ3) is 3.00. The van der Waals surface area contributed by atoms with Crippen LogP contribution in [-0.4, -0.2) is 37.9 Å². The lowest BCUT2D eigenvalue weighted by molar-refractivity contribution is -0.137. The van der Waals surface area contributed by atoms with Crippen LogP contribution in [0.2, 0.25) is 5.02 Å². The van der Waals surface area contributed by atoms with Gasteiger partial charge in [0.1, 0.15) is 19.1 Å². The smallest absolute Gasteiger partial charge is 0.399 e. The van der Waals surface area contributed by atoms with E-state index in [0.717, 1.165) is 6.07 Å². The van der Waals surface area contributed by atoms with Crippen LogP contribution in [-0.2, 0) is 11.0 Å². The summed E-state index contributed by atoms with van der Waals surface area (Å²) < 4.78 is 39.5. The Bertz CT molecular complexity index is 924. The number of rotatable bonds is 3. The van der Waals surface area contributed by atoms with E-state index in [4.69, 9.17) is 11.6 Å². The number of alkyl halides is 3. The van der Waals surface area contributed by atoms with Crippen LogP contribution >= 0.6 is 11.6 Å². The Kier molecular flexibility index (Phi) is 4.06. The highest BCUT2D eigenvalue weighted by atomic mass is 35.5. The Morgan fingerprint density at radius 3 is 2.75 bits per heavy atom. The van der Waals surface area contributed by atoms with Gasteiger partial charge in [-0.25, -0.2) is 4.98 Å². The number of pyridine rings is 1. The number of aromatic nitrogens is 5. The van der Waals surface area contributed by atoms with Crippen LogP contribution in [0, 0.1) is 0 Å². The van der Waals surface area contributed by atoms with Crippen LogP contribution in [0.15, 0.2) is 29.8 Å². The second-order valence-electron chi connectivity index (χ2n) is 4.51. The predicted molar refractivity (Wildman–Crippen MR) is 78.6 cm³/mol. The first-order valence-electron chi connectivity index (χ1n) is 6.40. The summed E-state index contributed by atoms with van der Waals surface area (Å²) in [7, 11) is 1.36. The van der Waals surface area contributed by atoms with E-state index in [-0.39, 0.29) is 16.5 Å². The van der Waals surface area contributed by atoms with Gasteiger partial charge in [0.15, 0.2) is 0 Å². The van der Waals surface area contributed by atoms with Gasteiger partial charge in [-0.05, 0) is 12.1 Å². The van der Waals surface area contributed by atoms with Crippen LogP contribution in [0.25, 0.3) is 17.2 Å². The van der Waals surface area contributed by atoms with Crippen molar-refractivity contribution in [3.05, 3.63) is 40.9 Å². The van der Waals surface area contributed by atoms with Crippen LogP contribution in [0.3, 0.4) is 0 Å². The molecule has 0 aromatic carbocycles. The maximum absolute atomic E-state index is 12.7. The summed E-state index contributed by atoms with van der Waals surface area (Å²) in [6, 6.07) is 2.31. The second-order valence-corrected chi connectivity index (χ2v) is 4.91. The van der Waals surface area contributed by atoms with Crippen LogP contribution in [0.5, 0.6) is 0 Å². The molecule has 0 aliphatic rings. The first kappa shape index (κ1) is 16.1. The Morgan fingerprint density at radius 1 is 1.29 bits per heavy atom. The van der Waals surface area contributed by atoms with Crippen molar-refractivity contribution in [3.63, 3.8) is 0 Å². The van der Waals surface area contributed by atoms with Crippen molar-refractivity contribution in [2.75, 3.05) is 7.11 Å². The normalized spacial score (nSPS) is 12.2. The lowest BCUT2D eigenvalue weighted by Gasteiger charge is -2.10. The topological polar surface area (TPSA) is 77.6 Å². The van der Waals surface area contributed by atoms with E-state index in [1.54, 1.807) is 0 Å². The molecule has 124 valence electrons. The third-order valence-electron chi connectivity index (χ3n) is 2.97. The molecule has 0 aliphatic heterocycles. The number of fused-ring (bicyclic) bond motifs is 1. The first-order valence-corrected chi connectivity index (χ1v) is 6.78. The summed E-state index contributed by atoms with van der Waals surface area (Å²) in [4.78, 5) is 16.5. The molecule has 3 aromatic heterocycles. The van der Waals surface area contributed by atoms with Crippen molar-refractivity contribution in [2.24, 2.45) is 5.16 Å². The standard InChI is InChI=1S/C13H8ClF3N6O/c1-24-21-5-8-3-10(23-12(22-8)19-6-20-23)11-9(14)2-7(4-18-11)13(15,16)17/h2-6H,1H3/b21-5-. The Labute approximate surface area is 137 Å². The van der Waals surface area contributed by atoms with Crippen molar-refractivity contribution in [2.45, 2.75) is 6.18 Å². The molecule has 24 heavy (non-hydrogen) atoms. The van der Waals surface area contributed by atoms with E-state index < -0.39 is 11.7 Å². The van der Waals surface area contributed by atoms with Crippen molar-refractivity contribution < 1.29 is 18.0 Å². The van der Waals surface area contributed by atoms with E-state index >= 15 is 0 Å². The molecule has 0 aliphatic carbocycles. The SMILES string of the molecule is CO/N=C\c1cc(-c2ncc(C(F)(F)F)cc2Cl)n2ncnc2n1. The van der Waals surface area contributed by atoms with Crippen molar-refractivity contribution in [3.8, 4) is 11.4 Å². The molecular formula is C13H8ClF3N6O. The third-order valence-corrected chi connectivity index (χ3v) is 3.26. The molecule has 0 bridgehead atoms. The molecule has 7 nitrogen and oxygen atoms in total. The van der Waals surface area contributed by atoms with E-state index in [1.165, 1.54) is 30.2 Å². The van der Waals surface area contributed by atoms with Gasteiger partial charge in [-0.2, -0.15) is 27.8 Å². The van der Waals surface area contributed by atoms with Gasteiger partial charge in [-0.15, -0.1) is 0 Å². The summed E-state index contributed by atoms with van der Waals surface area (Å²) in [5.41, 5.74) is -0.171. The molecule has 3 rings (SSSR count). The molecule has 0 N–H and O–H groups in total. The molecule has 0 radical (unpaired) electrons. The zero-order valence-corrected chi connectivity index (χ0v) is 12.7. The highest BCUT2D eigenvalue weighted by molar-refractivity contribution is 6.33. The lowest BCUT2D eigenvalue weighted by atomic mass is 10.2. The number of hydrogen-bond donors (Lipinski definition) is 0. The predicted octanol–water partition coefficient (Wildman–Crippen LogP) is 2.84. The van der Waals surface area contributed by atoms with Gasteiger partial charge >= 0.3 is 6.18 Å². The van der Waals surface area contributed by atoms with Gasteiger partial charge in [0.2, 0.25) is 0 Å². The average Bonchev–Trinajstić information content (AvgIpc) is 2.99. The van der Waals surface area contributed by atoms with Gasteiger partial charge in [0.05, 0.1) is 28.2 Å². The lowest BCUT2D eigenvalue weighted by Crippen LogP contribution is -2.07. The molecule has 0 saturated carbocycles. The number of nitrogens with zero attached hydrogens (tertiary/aromatic N) is 6. The van der Waals surface area contributed by atoms with E-state index in [9.17, 15) is 13.2 Å². The fourth-order valence-corrected chi connectivity index (χ4v) is 2.22. The molecule has 0 fully saturated rings. The molecule has 11 heteroatoms. The molecule has 0 unspecified atom stereocenters. The van der Waals surface area contributed by atoms with Crippen LogP contribution in [0.1, 0.15) is 11.3 Å². The summed E-state index contributed by atoms with van der Waals surface area (Å²) in [6.07, 6.45) is -1.27. The van der Waals surface area contributed by atoms with Crippen LogP contribution < -0.4 is 0 Å². The molecule has 0 spiro atoms. The molecule has 0 amide bonds. The molecular weight excluding hydrogens is 349 g/mol. The van der Waals surface area contributed by atoms with Crippen molar-refractivity contribution in [1.29, 1.82) is 0 Å². The average molecular weight is 357 g/mol. The van der Waals surface area contributed by atoms with Gasteiger partial charge in [-0.3, -0.25) is 4.98 Å². The highest BCUT2D eigenvalue weighted by Crippen LogP contribution is 2.33. The fraction of sp³-hybridized carbons (Fsp3) is 0.154. The largest absolute Gasteiger partial charge is 0.417 e. The molecule has 3 aromatic rings. The van der Waals surface area contributed by atoms with Gasteiger partial charge in [0.25, 0.3) is 5.78 Å². The van der Waals surface area contributed by atoms with Gasteiger partial charge < -0.3 is 4.84 Å². The maximum atomic E-state index is 12.7. The van der Waals surface area contributed by atoms with Gasteiger partial charge in [-0.1, -0.05) is 16.8 Å². The Hall–Kier alpha value is -2.75. The molecule has 0 saturated heterocycles. The Balaban J connectivity index is 2.18. The zero-order chi connectivity index (χ0) is 17.3. The van der Waals surface area contributed by atoms with Gasteiger partial charge in [0, 0.05) is 6.20 Å². The van der Waals surface area contributed by atoms with E-state index in [1.807, 2.05) is 0 Å². The fourth-order valence-electron chi connectivity index (χ4n) is 1.95. The minimum atomic E-state index is -4.54. The quantitative estimate of drug-likeness (QED) is 0.532. The van der Waals surface area contributed by atoms with Crippen molar-refractivity contribution in [1.82, 2.24) is 24.6 Å². The monoisotopic (exact) mass is 356 g/mol. The number of hydrogen-bond acceptors (Lipinski definition) is 6. The Morgan fingerprint density at radius 2 is 2.08 bits per heavy atom. The molecule has 0 atom stereocenters.